The van der Waals surface area contributed by atoms with Crippen LogP contribution in [0, 0.1) is 23.5 Å². The lowest BCUT2D eigenvalue weighted by molar-refractivity contribution is -0.138. The van der Waals surface area contributed by atoms with Gasteiger partial charge >= 0.3 is 0 Å². The van der Waals surface area contributed by atoms with Gasteiger partial charge in [0.15, 0.2) is 5.82 Å². The van der Waals surface area contributed by atoms with Gasteiger partial charge in [-0.1, -0.05) is 18.2 Å². The van der Waals surface area contributed by atoms with Crippen LogP contribution in [-0.4, -0.2) is 109 Å². The summed E-state index contributed by atoms with van der Waals surface area (Å²) in [5.74, 6) is 0.106. The Balaban J connectivity index is 0.751. The zero-order valence-corrected chi connectivity index (χ0v) is 32.6. The topological polar surface area (TPSA) is 132 Å². The highest BCUT2D eigenvalue weighted by molar-refractivity contribution is 6.01. The first-order valence-corrected chi connectivity index (χ1v) is 20.9. The molecule has 4 aliphatic heterocycles. The maximum absolute atomic E-state index is 15.2. The number of carbonyl (C=O) groups excluding carboxylic acids is 3. The van der Waals surface area contributed by atoms with Crippen molar-refractivity contribution < 1.29 is 27.9 Å². The molecule has 12 nitrogen and oxygen atoms in total. The van der Waals surface area contributed by atoms with Gasteiger partial charge in [-0.3, -0.25) is 19.7 Å². The summed E-state index contributed by atoms with van der Waals surface area (Å²) >= 11 is 0. The first kappa shape index (κ1) is 39.2. The molecule has 1 aromatic heterocycles. The summed E-state index contributed by atoms with van der Waals surface area (Å²) in [5, 5.41) is 8.81. The smallest absolute Gasteiger partial charge is 0.249 e. The molecule has 0 spiro atoms. The van der Waals surface area contributed by atoms with Crippen LogP contribution in [0.3, 0.4) is 0 Å². The van der Waals surface area contributed by atoms with Crippen molar-refractivity contribution in [3.8, 4) is 11.3 Å². The Morgan fingerprint density at radius 2 is 1.61 bits per heavy atom. The number of likely N-dealkylation sites (tertiary alicyclic amines) is 2. The van der Waals surface area contributed by atoms with Gasteiger partial charge in [0.05, 0.1) is 19.4 Å². The number of piperidine rings is 3. The van der Waals surface area contributed by atoms with Gasteiger partial charge in [-0.15, -0.1) is 0 Å². The number of carbonyl (C=O) groups is 3. The first-order valence-electron chi connectivity index (χ1n) is 20.9. The molecule has 3 aromatic rings. The number of rotatable bonds is 10. The fourth-order valence-corrected chi connectivity index (χ4v) is 9.36. The van der Waals surface area contributed by atoms with E-state index in [-0.39, 0.29) is 53.5 Å². The van der Waals surface area contributed by atoms with Crippen LogP contribution in [0.5, 0.6) is 0 Å². The number of aromatic nitrogens is 2. The Labute approximate surface area is 333 Å². The van der Waals surface area contributed by atoms with E-state index in [0.29, 0.717) is 55.8 Å². The molecule has 1 atom stereocenters. The molecule has 1 aliphatic carbocycles. The van der Waals surface area contributed by atoms with Crippen LogP contribution in [0.25, 0.3) is 11.3 Å². The minimum atomic E-state index is -0.540. The number of anilines is 3. The standard InChI is InChI=1S/C43H54F2N8O4/c44-36-25-33(47-38-10-11-39(54)49-41(38)55)8-9-35(36)29-12-16-51(17-13-29)27-28-4-6-30(7-5-28)42(56)53-18-14-32(15-19-53)48-43-46-26-37(45)40(50-43)31-2-1-3-34(24-31)52-20-22-57-23-21-52/h1-3,8-9,24-26,28-30,32,38,47H,4-7,10-23,27H2,(H,46,48,50)(H,49,54,55)/t28-,30-,38?. The second-order valence-corrected chi connectivity index (χ2v) is 16.5. The fraction of sp³-hybridized carbons (Fsp3) is 0.558. The molecular formula is C43H54F2N8O4. The number of ether oxygens (including phenoxy) is 1. The Morgan fingerprint density at radius 3 is 2.35 bits per heavy atom. The lowest BCUT2D eigenvalue weighted by Gasteiger charge is -2.38. The van der Waals surface area contributed by atoms with Gasteiger partial charge in [0.1, 0.15) is 17.6 Å². The van der Waals surface area contributed by atoms with Crippen LogP contribution in [0.2, 0.25) is 0 Å². The fourth-order valence-electron chi connectivity index (χ4n) is 9.36. The maximum Gasteiger partial charge on any atom is 0.249 e. The molecule has 4 saturated heterocycles. The van der Waals surface area contributed by atoms with Gasteiger partial charge in [-0.05, 0) is 113 Å². The van der Waals surface area contributed by atoms with E-state index >= 15 is 4.39 Å². The van der Waals surface area contributed by atoms with Crippen molar-refractivity contribution in [2.24, 2.45) is 11.8 Å². The number of halogens is 2. The highest BCUT2D eigenvalue weighted by atomic mass is 19.1. The predicted molar refractivity (Wildman–Crippen MR) is 214 cm³/mol. The number of hydrogen-bond donors (Lipinski definition) is 3. The molecule has 3 N–H and O–H groups in total. The third kappa shape index (κ3) is 9.55. The zero-order valence-electron chi connectivity index (χ0n) is 32.6. The number of hydrogen-bond acceptors (Lipinski definition) is 10. The number of nitrogens with zero attached hydrogens (tertiary/aromatic N) is 5. The average molecular weight is 785 g/mol. The number of imide groups is 1. The summed E-state index contributed by atoms with van der Waals surface area (Å²) in [7, 11) is 0. The number of nitrogens with one attached hydrogen (secondary N) is 3. The van der Waals surface area contributed by atoms with Crippen LogP contribution in [0.1, 0.15) is 75.7 Å². The molecule has 1 unspecified atom stereocenters. The van der Waals surface area contributed by atoms with E-state index in [2.05, 4.69) is 35.7 Å². The highest BCUT2D eigenvalue weighted by Gasteiger charge is 2.33. The number of benzene rings is 2. The quantitative estimate of drug-likeness (QED) is 0.225. The van der Waals surface area contributed by atoms with Gasteiger partial charge in [0.2, 0.25) is 23.7 Å². The van der Waals surface area contributed by atoms with Crippen LogP contribution in [-0.2, 0) is 19.1 Å². The van der Waals surface area contributed by atoms with E-state index < -0.39 is 11.9 Å². The average Bonchev–Trinajstić information content (AvgIpc) is 3.24. The van der Waals surface area contributed by atoms with E-state index in [1.807, 2.05) is 41.3 Å². The van der Waals surface area contributed by atoms with Crippen molar-refractivity contribution in [2.45, 2.75) is 82.2 Å². The summed E-state index contributed by atoms with van der Waals surface area (Å²) in [4.78, 5) is 52.7. The molecule has 0 bridgehead atoms. The SMILES string of the molecule is O=C1CCC(Nc2ccc(C3CCN(C[C@H]4CC[C@H](C(=O)N5CCC(Nc6ncc(F)c(-c7cccc(N8CCOCC8)c7)n6)CC5)CC4)CC3)c(F)c2)C(=O)N1. The minimum absolute atomic E-state index is 0.0723. The number of morpholine rings is 1. The summed E-state index contributed by atoms with van der Waals surface area (Å²) in [6.45, 7) is 7.18. The van der Waals surface area contributed by atoms with E-state index in [0.717, 1.165) is 95.3 Å². The molecule has 2 aromatic carbocycles. The van der Waals surface area contributed by atoms with Crippen LogP contribution >= 0.6 is 0 Å². The Kier molecular flexibility index (Phi) is 12.3. The van der Waals surface area contributed by atoms with Gasteiger partial charge < -0.3 is 30.1 Å². The van der Waals surface area contributed by atoms with Gasteiger partial charge in [0.25, 0.3) is 0 Å². The second kappa shape index (κ2) is 17.8. The number of amides is 3. The molecular weight excluding hydrogens is 731 g/mol. The normalized spacial score (nSPS) is 24.3. The molecule has 8 rings (SSSR count). The monoisotopic (exact) mass is 784 g/mol. The summed E-state index contributed by atoms with van der Waals surface area (Å²) < 4.78 is 35.7. The molecule has 5 aliphatic rings. The molecule has 3 amide bonds. The largest absolute Gasteiger partial charge is 0.378 e. The molecule has 0 radical (unpaired) electrons. The Bertz CT molecular complexity index is 1900. The second-order valence-electron chi connectivity index (χ2n) is 16.5. The lowest BCUT2D eigenvalue weighted by Crippen LogP contribution is -2.47. The van der Waals surface area contributed by atoms with E-state index in [9.17, 15) is 18.8 Å². The maximum atomic E-state index is 15.2. The van der Waals surface area contributed by atoms with Crippen molar-refractivity contribution >= 4 is 35.0 Å². The summed E-state index contributed by atoms with van der Waals surface area (Å²) in [6, 6.07) is 12.5. The predicted octanol–water partition coefficient (Wildman–Crippen LogP) is 5.56. The minimum Gasteiger partial charge on any atom is -0.378 e. The van der Waals surface area contributed by atoms with Crippen molar-refractivity contribution in [2.75, 3.05) is 74.6 Å². The van der Waals surface area contributed by atoms with Crippen LogP contribution < -0.4 is 20.9 Å². The van der Waals surface area contributed by atoms with Crippen LogP contribution in [0.15, 0.2) is 48.7 Å². The summed E-state index contributed by atoms with van der Waals surface area (Å²) in [5.41, 5.74) is 3.28. The van der Waals surface area contributed by atoms with Crippen molar-refractivity contribution in [3.05, 3.63) is 65.9 Å². The molecule has 5 fully saturated rings. The molecule has 1 saturated carbocycles. The third-order valence-electron chi connectivity index (χ3n) is 12.7. The lowest BCUT2D eigenvalue weighted by atomic mass is 9.80. The first-order chi connectivity index (χ1) is 27.8. The van der Waals surface area contributed by atoms with Crippen molar-refractivity contribution in [3.63, 3.8) is 0 Å². The van der Waals surface area contributed by atoms with Crippen molar-refractivity contribution in [1.82, 2.24) is 25.1 Å². The van der Waals surface area contributed by atoms with E-state index in [4.69, 9.17) is 4.74 Å². The Morgan fingerprint density at radius 1 is 0.842 bits per heavy atom. The molecule has 304 valence electrons. The third-order valence-corrected chi connectivity index (χ3v) is 12.7. The van der Waals surface area contributed by atoms with Crippen LogP contribution in [0.4, 0.5) is 26.1 Å². The van der Waals surface area contributed by atoms with Gasteiger partial charge in [-0.2, -0.15) is 0 Å². The van der Waals surface area contributed by atoms with Crippen molar-refractivity contribution in [1.29, 1.82) is 0 Å². The zero-order chi connectivity index (χ0) is 39.3. The molecule has 5 heterocycles. The summed E-state index contributed by atoms with van der Waals surface area (Å²) in [6.07, 6.45) is 9.19. The molecule has 14 heteroatoms. The Hall–Kier alpha value is -4.69. The van der Waals surface area contributed by atoms with Gasteiger partial charge in [-0.25, -0.2) is 18.7 Å². The highest BCUT2D eigenvalue weighted by Crippen LogP contribution is 2.35. The van der Waals surface area contributed by atoms with E-state index in [1.54, 1.807) is 0 Å². The van der Waals surface area contributed by atoms with E-state index in [1.165, 1.54) is 12.3 Å². The molecule has 57 heavy (non-hydrogen) atoms. The van der Waals surface area contributed by atoms with Gasteiger partial charge in [0, 0.05) is 68.0 Å².